The summed E-state index contributed by atoms with van der Waals surface area (Å²) < 4.78 is 11.0. The zero-order valence-corrected chi connectivity index (χ0v) is 7.22. The molecular weight excluding hydrogens is 168 g/mol. The minimum Gasteiger partial charge on any atom is -0.446 e. The molecule has 4 nitrogen and oxygen atoms in total. The maximum atomic E-state index is 5.77. The Morgan fingerprint density at radius 2 is 2.54 bits per heavy atom. The lowest BCUT2D eigenvalue weighted by Gasteiger charge is -2.10. The van der Waals surface area contributed by atoms with Gasteiger partial charge >= 0.3 is 0 Å². The van der Waals surface area contributed by atoms with Gasteiger partial charge < -0.3 is 14.9 Å². The van der Waals surface area contributed by atoms with Gasteiger partial charge in [-0.05, 0) is 18.9 Å². The van der Waals surface area contributed by atoms with Gasteiger partial charge in [-0.3, -0.25) is 0 Å². The Morgan fingerprint density at radius 1 is 1.62 bits per heavy atom. The number of nitrogens with two attached hydrogens (primary N) is 1. The summed E-state index contributed by atoms with van der Waals surface area (Å²) in [5, 5.41) is 0. The second-order valence-electron chi connectivity index (χ2n) is 3.79. The summed E-state index contributed by atoms with van der Waals surface area (Å²) in [6.45, 7) is 0.748. The van der Waals surface area contributed by atoms with Crippen LogP contribution in [-0.4, -0.2) is 17.6 Å². The second-order valence-corrected chi connectivity index (χ2v) is 3.79. The van der Waals surface area contributed by atoms with Crippen molar-refractivity contribution in [2.75, 3.05) is 6.54 Å². The molecule has 1 saturated carbocycles. The first-order chi connectivity index (χ1) is 6.40. The van der Waals surface area contributed by atoms with Crippen molar-refractivity contribution < 1.29 is 9.15 Å². The maximum absolute atomic E-state index is 5.77. The van der Waals surface area contributed by atoms with Gasteiger partial charge in [-0.2, -0.15) is 0 Å². The monoisotopic (exact) mass is 180 g/mol. The van der Waals surface area contributed by atoms with Gasteiger partial charge in [0.15, 0.2) is 12.2 Å². The topological polar surface area (TPSA) is 61.3 Å². The Labute approximate surface area is 76.1 Å². The van der Waals surface area contributed by atoms with Crippen molar-refractivity contribution in [3.8, 4) is 0 Å². The van der Waals surface area contributed by atoms with Gasteiger partial charge in [0, 0.05) is 5.92 Å². The molecule has 1 aromatic rings. The molecule has 13 heavy (non-hydrogen) atoms. The van der Waals surface area contributed by atoms with Crippen LogP contribution in [-0.2, 0) is 4.74 Å². The lowest BCUT2D eigenvalue weighted by Crippen LogP contribution is -2.11. The summed E-state index contributed by atoms with van der Waals surface area (Å²) in [6.07, 6.45) is 4.73. The van der Waals surface area contributed by atoms with E-state index in [2.05, 4.69) is 4.98 Å². The van der Waals surface area contributed by atoms with Crippen LogP contribution < -0.4 is 5.73 Å². The Hall–Kier alpha value is -0.870. The largest absolute Gasteiger partial charge is 0.446 e. The summed E-state index contributed by atoms with van der Waals surface area (Å²) in [7, 11) is 0. The lowest BCUT2D eigenvalue weighted by atomic mass is 10.1. The highest BCUT2D eigenvalue weighted by atomic mass is 16.5. The molecule has 70 valence electrons. The molecule has 4 atom stereocenters. The van der Waals surface area contributed by atoms with Crippen LogP contribution in [0.1, 0.15) is 18.3 Å². The Morgan fingerprint density at radius 3 is 3.08 bits per heavy atom. The second kappa shape index (κ2) is 2.56. The zero-order chi connectivity index (χ0) is 8.84. The van der Waals surface area contributed by atoms with Crippen LogP contribution in [0, 0.1) is 11.8 Å². The minimum absolute atomic E-state index is 0.125. The molecule has 3 rings (SSSR count). The van der Waals surface area contributed by atoms with Crippen LogP contribution in [0.4, 0.5) is 0 Å². The molecule has 1 aliphatic heterocycles. The Bertz CT molecular complexity index is 287. The molecule has 0 radical (unpaired) electrons. The predicted molar refractivity (Wildman–Crippen MR) is 44.8 cm³/mol. The van der Waals surface area contributed by atoms with Gasteiger partial charge in [0.25, 0.3) is 0 Å². The Kier molecular flexibility index (Phi) is 1.48. The minimum atomic E-state index is 0.125. The van der Waals surface area contributed by atoms with Crippen LogP contribution in [0.2, 0.25) is 0 Å². The van der Waals surface area contributed by atoms with Crippen LogP contribution in [0.3, 0.4) is 0 Å². The normalized spacial score (nSPS) is 41.9. The number of fused-ring (bicyclic) bond motifs is 1. The third kappa shape index (κ3) is 1.02. The molecule has 2 aliphatic rings. The first kappa shape index (κ1) is 7.53. The van der Waals surface area contributed by atoms with E-state index in [1.54, 1.807) is 6.20 Å². The lowest BCUT2D eigenvalue weighted by molar-refractivity contribution is 0.0455. The van der Waals surface area contributed by atoms with Gasteiger partial charge in [0.1, 0.15) is 6.10 Å². The molecule has 0 amide bonds. The first-order valence-electron chi connectivity index (χ1n) is 4.64. The van der Waals surface area contributed by atoms with Gasteiger partial charge in [-0.25, -0.2) is 4.98 Å². The van der Waals surface area contributed by atoms with E-state index in [0.29, 0.717) is 17.9 Å². The van der Waals surface area contributed by atoms with E-state index in [9.17, 15) is 0 Å². The van der Waals surface area contributed by atoms with Crippen LogP contribution in [0.5, 0.6) is 0 Å². The maximum Gasteiger partial charge on any atom is 0.180 e. The van der Waals surface area contributed by atoms with Crippen molar-refractivity contribution in [2.24, 2.45) is 17.6 Å². The van der Waals surface area contributed by atoms with Gasteiger partial charge in [-0.1, -0.05) is 0 Å². The number of ether oxygens (including phenoxy) is 1. The molecule has 0 bridgehead atoms. The van der Waals surface area contributed by atoms with E-state index in [-0.39, 0.29) is 6.10 Å². The van der Waals surface area contributed by atoms with E-state index in [0.717, 1.165) is 18.7 Å². The van der Waals surface area contributed by atoms with Crippen molar-refractivity contribution in [2.45, 2.75) is 18.6 Å². The molecule has 4 heteroatoms. The number of hydrogen-bond donors (Lipinski definition) is 1. The average molecular weight is 180 g/mol. The fraction of sp³-hybridized carbons (Fsp3) is 0.667. The predicted octanol–water partition coefficient (Wildman–Crippen LogP) is 0.709. The SMILES string of the molecule is NC[C@@H]1[C@H]2C[C@@H](c3cnco3)O[C@@H]12. The molecule has 0 unspecified atom stereocenters. The number of oxazole rings is 1. The molecule has 1 aliphatic carbocycles. The third-order valence-corrected chi connectivity index (χ3v) is 3.10. The van der Waals surface area contributed by atoms with Gasteiger partial charge in [-0.15, -0.1) is 0 Å². The molecule has 2 fully saturated rings. The number of aromatic nitrogens is 1. The average Bonchev–Trinajstić information content (AvgIpc) is 2.68. The highest BCUT2D eigenvalue weighted by Crippen LogP contribution is 2.55. The highest BCUT2D eigenvalue weighted by Gasteiger charge is 2.57. The fourth-order valence-corrected chi connectivity index (χ4v) is 2.29. The van der Waals surface area contributed by atoms with Crippen LogP contribution in [0.15, 0.2) is 17.0 Å². The van der Waals surface area contributed by atoms with Crippen molar-refractivity contribution in [3.63, 3.8) is 0 Å². The molecule has 2 N–H and O–H groups in total. The van der Waals surface area contributed by atoms with E-state index in [4.69, 9.17) is 14.9 Å². The summed E-state index contributed by atoms with van der Waals surface area (Å²) in [4.78, 5) is 3.87. The Balaban J connectivity index is 1.68. The number of nitrogens with zero attached hydrogens (tertiary/aromatic N) is 1. The van der Waals surface area contributed by atoms with Crippen LogP contribution in [0.25, 0.3) is 0 Å². The van der Waals surface area contributed by atoms with Crippen molar-refractivity contribution >= 4 is 0 Å². The fourth-order valence-electron chi connectivity index (χ4n) is 2.29. The number of rotatable bonds is 2. The van der Waals surface area contributed by atoms with Gasteiger partial charge in [0.2, 0.25) is 0 Å². The van der Waals surface area contributed by atoms with Gasteiger partial charge in [0.05, 0.1) is 12.3 Å². The van der Waals surface area contributed by atoms with Crippen molar-refractivity contribution in [1.82, 2.24) is 4.98 Å². The zero-order valence-electron chi connectivity index (χ0n) is 7.22. The van der Waals surface area contributed by atoms with E-state index in [1.807, 2.05) is 0 Å². The summed E-state index contributed by atoms with van der Waals surface area (Å²) >= 11 is 0. The van der Waals surface area contributed by atoms with Crippen molar-refractivity contribution in [1.29, 1.82) is 0 Å². The third-order valence-electron chi connectivity index (χ3n) is 3.10. The number of hydrogen-bond acceptors (Lipinski definition) is 4. The van der Waals surface area contributed by atoms with Crippen molar-refractivity contribution in [3.05, 3.63) is 18.4 Å². The van der Waals surface area contributed by atoms with Crippen LogP contribution >= 0.6 is 0 Å². The standard InChI is InChI=1S/C9H12N2O2/c10-2-6-5-1-7(13-9(5)6)8-3-11-4-12-8/h3-7,9H,1-2,10H2/t5-,6-,7+,9-/m1/s1. The smallest absolute Gasteiger partial charge is 0.180 e. The summed E-state index contributed by atoms with van der Waals surface area (Å²) in [6, 6.07) is 0. The quantitative estimate of drug-likeness (QED) is 0.728. The van der Waals surface area contributed by atoms with E-state index in [1.165, 1.54) is 6.39 Å². The molecular formula is C9H12N2O2. The highest BCUT2D eigenvalue weighted by molar-refractivity contribution is 5.10. The van der Waals surface area contributed by atoms with E-state index >= 15 is 0 Å². The summed E-state index contributed by atoms with van der Waals surface area (Å²) in [5.74, 6) is 2.11. The molecule has 0 spiro atoms. The first-order valence-corrected chi connectivity index (χ1v) is 4.64. The molecule has 1 aromatic heterocycles. The molecule has 2 heterocycles. The van der Waals surface area contributed by atoms with E-state index < -0.39 is 0 Å². The summed E-state index contributed by atoms with van der Waals surface area (Å²) in [5.41, 5.74) is 5.57. The molecule has 1 saturated heterocycles. The molecule has 0 aromatic carbocycles.